The number of nitrogens with zero attached hydrogens (tertiary/aromatic N) is 4. The third-order valence-electron chi connectivity index (χ3n) is 4.00. The smallest absolute Gasteiger partial charge is 0.234 e. The molecule has 0 radical (unpaired) electrons. The molecule has 0 spiro atoms. The van der Waals surface area contributed by atoms with Crippen molar-refractivity contribution in [1.29, 1.82) is 0 Å². The summed E-state index contributed by atoms with van der Waals surface area (Å²) in [6, 6.07) is 6.12. The van der Waals surface area contributed by atoms with Crippen LogP contribution in [0.2, 0.25) is 0 Å². The van der Waals surface area contributed by atoms with Crippen molar-refractivity contribution in [3.05, 3.63) is 47.0 Å². The number of pyridine rings is 1. The number of amides is 1. The molecule has 0 aliphatic carbocycles. The predicted molar refractivity (Wildman–Crippen MR) is 94.5 cm³/mol. The average Bonchev–Trinajstić information content (AvgIpc) is 2.81. The van der Waals surface area contributed by atoms with Gasteiger partial charge in [-0.25, -0.2) is 0 Å². The lowest BCUT2D eigenvalue weighted by atomic mass is 10.2. The van der Waals surface area contributed by atoms with Gasteiger partial charge in [-0.1, -0.05) is 6.07 Å². The number of carbonyl (C=O) groups is 1. The van der Waals surface area contributed by atoms with Gasteiger partial charge in [-0.05, 0) is 46.9 Å². The molecule has 2 aromatic rings. The standard InChI is InChI=1S/C18H27N5O/c1-13(2)23-15(4)17(14(3)21-23)10-20-18(24)12-22(5)11-16-8-6-7-9-19-16/h6-9,13H,10-12H2,1-5H3,(H,20,24). The van der Waals surface area contributed by atoms with E-state index in [1.807, 2.05) is 41.8 Å². The van der Waals surface area contributed by atoms with Crippen LogP contribution in [0.1, 0.15) is 42.5 Å². The fourth-order valence-corrected chi connectivity index (χ4v) is 2.77. The topological polar surface area (TPSA) is 63.1 Å². The number of hydrogen-bond donors (Lipinski definition) is 1. The fraction of sp³-hybridized carbons (Fsp3) is 0.500. The van der Waals surface area contributed by atoms with Crippen LogP contribution < -0.4 is 5.32 Å². The van der Waals surface area contributed by atoms with E-state index in [-0.39, 0.29) is 5.91 Å². The summed E-state index contributed by atoms with van der Waals surface area (Å²) < 4.78 is 2.00. The molecule has 2 rings (SSSR count). The van der Waals surface area contributed by atoms with Gasteiger partial charge in [0.05, 0.1) is 17.9 Å². The molecule has 0 atom stereocenters. The van der Waals surface area contributed by atoms with Crippen molar-refractivity contribution in [1.82, 2.24) is 25.0 Å². The molecule has 6 heteroatoms. The van der Waals surface area contributed by atoms with E-state index < -0.39 is 0 Å². The number of rotatable bonds is 7. The van der Waals surface area contributed by atoms with E-state index in [9.17, 15) is 4.79 Å². The first-order valence-electron chi connectivity index (χ1n) is 8.28. The highest BCUT2D eigenvalue weighted by atomic mass is 16.2. The molecule has 2 aromatic heterocycles. The third-order valence-corrected chi connectivity index (χ3v) is 4.00. The molecule has 6 nitrogen and oxygen atoms in total. The van der Waals surface area contributed by atoms with E-state index in [0.717, 1.165) is 22.6 Å². The average molecular weight is 329 g/mol. The Morgan fingerprint density at radius 1 is 1.33 bits per heavy atom. The van der Waals surface area contributed by atoms with Gasteiger partial charge >= 0.3 is 0 Å². The van der Waals surface area contributed by atoms with Crippen molar-refractivity contribution < 1.29 is 4.79 Å². The Hall–Kier alpha value is -2.21. The molecule has 1 amide bonds. The number of aromatic nitrogens is 3. The Kier molecular flexibility index (Phi) is 6.09. The molecule has 1 N–H and O–H groups in total. The van der Waals surface area contributed by atoms with Gasteiger partial charge in [0.2, 0.25) is 5.91 Å². The molecule has 24 heavy (non-hydrogen) atoms. The molecule has 0 aliphatic rings. The number of carbonyl (C=O) groups excluding carboxylic acids is 1. The summed E-state index contributed by atoms with van der Waals surface area (Å²) in [6.45, 7) is 9.75. The van der Waals surface area contributed by atoms with Gasteiger partial charge in [0.1, 0.15) is 0 Å². The van der Waals surface area contributed by atoms with Crippen LogP contribution in [-0.4, -0.2) is 39.2 Å². The summed E-state index contributed by atoms with van der Waals surface area (Å²) in [7, 11) is 1.92. The van der Waals surface area contributed by atoms with Crippen molar-refractivity contribution in [3.8, 4) is 0 Å². The third kappa shape index (κ3) is 4.64. The molecular weight excluding hydrogens is 302 g/mol. The van der Waals surface area contributed by atoms with Crippen molar-refractivity contribution >= 4 is 5.91 Å². The Morgan fingerprint density at radius 2 is 2.08 bits per heavy atom. The second-order valence-corrected chi connectivity index (χ2v) is 6.46. The van der Waals surface area contributed by atoms with Gasteiger partial charge < -0.3 is 5.32 Å². The number of hydrogen-bond acceptors (Lipinski definition) is 4. The van der Waals surface area contributed by atoms with Gasteiger partial charge in [0, 0.05) is 36.6 Å². The predicted octanol–water partition coefficient (Wildman–Crippen LogP) is 2.22. The van der Waals surface area contributed by atoms with Gasteiger partial charge in [0.15, 0.2) is 0 Å². The summed E-state index contributed by atoms with van der Waals surface area (Å²) >= 11 is 0. The SMILES string of the molecule is Cc1nn(C(C)C)c(C)c1CNC(=O)CN(C)Cc1ccccn1. The zero-order valence-corrected chi connectivity index (χ0v) is 15.2. The van der Waals surface area contributed by atoms with Gasteiger partial charge in [-0.15, -0.1) is 0 Å². The number of aryl methyl sites for hydroxylation is 1. The Balaban J connectivity index is 1.87. The monoisotopic (exact) mass is 329 g/mol. The summed E-state index contributed by atoms with van der Waals surface area (Å²) in [5, 5.41) is 7.55. The Bertz CT molecular complexity index is 678. The van der Waals surface area contributed by atoms with Gasteiger partial charge in [-0.2, -0.15) is 5.10 Å². The lowest BCUT2D eigenvalue weighted by molar-refractivity contribution is -0.122. The van der Waals surface area contributed by atoms with Crippen LogP contribution in [-0.2, 0) is 17.9 Å². The van der Waals surface area contributed by atoms with Gasteiger partial charge in [0.25, 0.3) is 0 Å². The molecule has 130 valence electrons. The van der Waals surface area contributed by atoms with Crippen molar-refractivity contribution in [2.45, 2.75) is 46.8 Å². The molecular formula is C18H27N5O. The minimum Gasteiger partial charge on any atom is -0.351 e. The van der Waals surface area contributed by atoms with E-state index >= 15 is 0 Å². The maximum atomic E-state index is 12.2. The minimum absolute atomic E-state index is 0.00419. The van der Waals surface area contributed by atoms with Crippen molar-refractivity contribution in [2.75, 3.05) is 13.6 Å². The highest BCUT2D eigenvalue weighted by Gasteiger charge is 2.14. The Labute approximate surface area is 143 Å². The van der Waals surface area contributed by atoms with Crippen LogP contribution in [0, 0.1) is 13.8 Å². The number of nitrogens with one attached hydrogen (secondary N) is 1. The first-order valence-corrected chi connectivity index (χ1v) is 8.28. The molecule has 0 fully saturated rings. The maximum Gasteiger partial charge on any atom is 0.234 e. The summed E-state index contributed by atoms with van der Waals surface area (Å²) in [5.74, 6) is 0.00419. The first kappa shape index (κ1) is 18.1. The second-order valence-electron chi connectivity index (χ2n) is 6.46. The highest BCUT2D eigenvalue weighted by molar-refractivity contribution is 5.78. The van der Waals surface area contributed by atoms with Gasteiger partial charge in [-0.3, -0.25) is 19.4 Å². The molecule has 0 aromatic carbocycles. The van der Waals surface area contributed by atoms with E-state index in [1.54, 1.807) is 6.20 Å². The van der Waals surface area contributed by atoms with Crippen LogP contribution >= 0.6 is 0 Å². The fourth-order valence-electron chi connectivity index (χ4n) is 2.77. The van der Waals surface area contributed by atoms with Crippen molar-refractivity contribution in [2.24, 2.45) is 0 Å². The summed E-state index contributed by atoms with van der Waals surface area (Å²) in [5.41, 5.74) is 4.15. The van der Waals surface area contributed by atoms with Crippen LogP contribution in [0.25, 0.3) is 0 Å². The Morgan fingerprint density at radius 3 is 2.67 bits per heavy atom. The van der Waals surface area contributed by atoms with E-state index in [4.69, 9.17) is 0 Å². The zero-order chi connectivity index (χ0) is 17.7. The lowest BCUT2D eigenvalue weighted by Crippen LogP contribution is -2.34. The maximum absolute atomic E-state index is 12.2. The molecule has 2 heterocycles. The van der Waals surface area contributed by atoms with Crippen LogP contribution in [0.5, 0.6) is 0 Å². The summed E-state index contributed by atoms with van der Waals surface area (Å²) in [6.07, 6.45) is 1.77. The molecule has 0 bridgehead atoms. The quantitative estimate of drug-likeness (QED) is 0.846. The first-order chi connectivity index (χ1) is 11.4. The molecule has 0 saturated heterocycles. The van der Waals surface area contributed by atoms with E-state index in [0.29, 0.717) is 25.7 Å². The summed E-state index contributed by atoms with van der Waals surface area (Å²) in [4.78, 5) is 18.4. The zero-order valence-electron chi connectivity index (χ0n) is 15.2. The minimum atomic E-state index is 0.00419. The van der Waals surface area contributed by atoms with E-state index in [2.05, 4.69) is 36.2 Å². The number of likely N-dealkylation sites (N-methyl/N-ethyl adjacent to an activating group) is 1. The largest absolute Gasteiger partial charge is 0.351 e. The molecule has 0 unspecified atom stereocenters. The van der Waals surface area contributed by atoms with Crippen LogP contribution in [0.4, 0.5) is 0 Å². The molecule has 0 saturated carbocycles. The van der Waals surface area contributed by atoms with Crippen LogP contribution in [0.3, 0.4) is 0 Å². The van der Waals surface area contributed by atoms with Crippen LogP contribution in [0.15, 0.2) is 24.4 Å². The lowest BCUT2D eigenvalue weighted by Gasteiger charge is -2.16. The second kappa shape index (κ2) is 8.06. The van der Waals surface area contributed by atoms with Crippen molar-refractivity contribution in [3.63, 3.8) is 0 Å². The van der Waals surface area contributed by atoms with E-state index in [1.165, 1.54) is 0 Å². The highest BCUT2D eigenvalue weighted by Crippen LogP contribution is 2.16. The normalized spacial score (nSPS) is 11.3. The molecule has 0 aliphatic heterocycles.